The molecule has 1 atom stereocenters. The number of alkyl halides is 3. The maximum atomic E-state index is 12.9. The summed E-state index contributed by atoms with van der Waals surface area (Å²) in [6.07, 6.45) is -0.524. The molecule has 1 unspecified atom stereocenters. The number of rotatable bonds is 5. The second-order valence-corrected chi connectivity index (χ2v) is 9.75. The summed E-state index contributed by atoms with van der Waals surface area (Å²) in [5.74, 6) is -1.56. The van der Waals surface area contributed by atoms with Crippen molar-refractivity contribution in [3.8, 4) is 0 Å². The number of piperidine rings is 1. The fraction of sp³-hybridized carbons (Fsp3) is 0.556. The number of hydrogen-bond donors (Lipinski definition) is 1. The molecule has 4 heterocycles. The highest BCUT2D eigenvalue weighted by Gasteiger charge is 2.40. The van der Waals surface area contributed by atoms with E-state index in [1.165, 1.54) is 12.3 Å². The van der Waals surface area contributed by atoms with Crippen molar-refractivity contribution in [2.45, 2.75) is 42.5 Å². The maximum absolute atomic E-state index is 12.9. The van der Waals surface area contributed by atoms with Gasteiger partial charge in [-0.2, -0.15) is 18.2 Å². The molecule has 14 heteroatoms. The lowest BCUT2D eigenvalue weighted by molar-refractivity contribution is -0.159. The Labute approximate surface area is 181 Å². The molecular weight excluding hydrogens is 453 g/mol. The second-order valence-electron chi connectivity index (χ2n) is 7.79. The smallest absolute Gasteiger partial charge is 0.372 e. The lowest BCUT2D eigenvalue weighted by Crippen LogP contribution is -2.47. The summed E-state index contributed by atoms with van der Waals surface area (Å²) in [6, 6.07) is 2.46. The van der Waals surface area contributed by atoms with Crippen molar-refractivity contribution in [3.63, 3.8) is 0 Å². The number of carbonyl (C=O) groups is 1. The van der Waals surface area contributed by atoms with Gasteiger partial charge in [-0.05, 0) is 36.6 Å². The number of carbonyl (C=O) groups excluding carboxylic acids is 1. The predicted octanol–water partition coefficient (Wildman–Crippen LogP) is 1.57. The van der Waals surface area contributed by atoms with Crippen LogP contribution in [0.25, 0.3) is 0 Å². The third kappa shape index (κ3) is 4.64. The van der Waals surface area contributed by atoms with E-state index in [2.05, 4.69) is 25.0 Å². The minimum Gasteiger partial charge on any atom is -0.372 e. The third-order valence-corrected chi connectivity index (χ3v) is 6.54. The fourth-order valence-corrected chi connectivity index (χ4v) is 4.48. The summed E-state index contributed by atoms with van der Waals surface area (Å²) < 4.78 is 65.2. The minimum atomic E-state index is -4.69. The monoisotopic (exact) mass is 474 g/mol. The van der Waals surface area contributed by atoms with Crippen molar-refractivity contribution in [1.29, 1.82) is 0 Å². The molecule has 2 fully saturated rings. The molecule has 1 amide bonds. The van der Waals surface area contributed by atoms with Crippen LogP contribution in [0.5, 0.6) is 0 Å². The SMILES string of the molecule is CS(=O)(=O)c1ccc(NC2CCN(C3CCN(c4noc(C(F)(F)F)n4)CC3)C2=O)cn1. The molecule has 0 aromatic carbocycles. The van der Waals surface area contributed by atoms with E-state index in [9.17, 15) is 26.4 Å². The van der Waals surface area contributed by atoms with E-state index in [1.807, 2.05) is 0 Å². The van der Waals surface area contributed by atoms with Crippen LogP contribution in [0.3, 0.4) is 0 Å². The number of pyridine rings is 1. The molecule has 1 N–H and O–H groups in total. The molecule has 2 aliphatic heterocycles. The zero-order valence-corrected chi connectivity index (χ0v) is 17.9. The average Bonchev–Trinajstić information content (AvgIpc) is 3.36. The molecular formula is C18H21F3N6O4S. The molecule has 2 aromatic heterocycles. The van der Waals surface area contributed by atoms with Crippen molar-refractivity contribution in [3.05, 3.63) is 24.2 Å². The van der Waals surface area contributed by atoms with Gasteiger partial charge in [-0.25, -0.2) is 13.4 Å². The van der Waals surface area contributed by atoms with Crippen LogP contribution >= 0.6 is 0 Å². The standard InChI is InChI=1S/C18H21F3N6O4S/c1-32(29,30)14-3-2-11(10-22-14)23-13-6-9-27(15(13)28)12-4-7-26(8-5-12)17-24-16(31-25-17)18(19,20)21/h2-3,10,12-13,23H,4-9H2,1H3. The number of nitrogens with one attached hydrogen (secondary N) is 1. The summed E-state index contributed by atoms with van der Waals surface area (Å²) in [5, 5.41) is 6.46. The van der Waals surface area contributed by atoms with E-state index in [1.54, 1.807) is 15.9 Å². The Morgan fingerprint density at radius 2 is 1.88 bits per heavy atom. The van der Waals surface area contributed by atoms with E-state index in [0.29, 0.717) is 44.6 Å². The van der Waals surface area contributed by atoms with Crippen LogP contribution in [0.1, 0.15) is 25.2 Å². The van der Waals surface area contributed by atoms with E-state index in [4.69, 9.17) is 0 Å². The van der Waals surface area contributed by atoms with Crippen molar-refractivity contribution in [2.24, 2.45) is 0 Å². The lowest BCUT2D eigenvalue weighted by Gasteiger charge is -2.36. The summed E-state index contributed by atoms with van der Waals surface area (Å²) >= 11 is 0. The molecule has 0 aliphatic carbocycles. The van der Waals surface area contributed by atoms with Crippen molar-refractivity contribution >= 4 is 27.4 Å². The lowest BCUT2D eigenvalue weighted by atomic mass is 10.0. The highest BCUT2D eigenvalue weighted by molar-refractivity contribution is 7.90. The fourth-order valence-electron chi connectivity index (χ4n) is 3.92. The first-order valence-corrected chi connectivity index (χ1v) is 11.8. The van der Waals surface area contributed by atoms with E-state index < -0.39 is 27.9 Å². The number of nitrogens with zero attached hydrogens (tertiary/aromatic N) is 5. The summed E-state index contributed by atoms with van der Waals surface area (Å²) in [4.78, 5) is 23.6. The Morgan fingerprint density at radius 3 is 2.44 bits per heavy atom. The number of likely N-dealkylation sites (tertiary alicyclic amines) is 1. The van der Waals surface area contributed by atoms with Crippen LogP contribution < -0.4 is 10.2 Å². The van der Waals surface area contributed by atoms with Crippen LogP contribution in [0.15, 0.2) is 27.9 Å². The Morgan fingerprint density at radius 1 is 1.16 bits per heavy atom. The first-order valence-electron chi connectivity index (χ1n) is 9.91. The normalized spacial score (nSPS) is 20.8. The Balaban J connectivity index is 1.32. The van der Waals surface area contributed by atoms with Crippen molar-refractivity contribution in [1.82, 2.24) is 20.0 Å². The minimum absolute atomic E-state index is 0.0368. The van der Waals surface area contributed by atoms with Crippen LogP contribution in [-0.2, 0) is 20.8 Å². The van der Waals surface area contributed by atoms with Gasteiger partial charge in [0.15, 0.2) is 14.9 Å². The Bertz CT molecular complexity index is 1080. The van der Waals surface area contributed by atoms with Crippen LogP contribution in [0.2, 0.25) is 0 Å². The van der Waals surface area contributed by atoms with E-state index in [0.717, 1.165) is 6.26 Å². The van der Waals surface area contributed by atoms with Gasteiger partial charge in [0.05, 0.1) is 11.9 Å². The number of anilines is 2. The second kappa shape index (κ2) is 8.22. The summed E-state index contributed by atoms with van der Waals surface area (Å²) in [7, 11) is -3.40. The number of hydrogen-bond acceptors (Lipinski definition) is 9. The predicted molar refractivity (Wildman–Crippen MR) is 106 cm³/mol. The van der Waals surface area contributed by atoms with Crippen molar-refractivity contribution < 1.29 is 30.9 Å². The topological polar surface area (TPSA) is 122 Å². The third-order valence-electron chi connectivity index (χ3n) is 5.54. The molecule has 174 valence electrons. The molecule has 0 radical (unpaired) electrons. The molecule has 2 saturated heterocycles. The molecule has 0 saturated carbocycles. The van der Waals surface area contributed by atoms with Gasteiger partial charge in [0.2, 0.25) is 5.91 Å². The van der Waals surface area contributed by atoms with Crippen molar-refractivity contribution in [2.75, 3.05) is 36.1 Å². The Hall–Kier alpha value is -2.90. The van der Waals surface area contributed by atoms with E-state index >= 15 is 0 Å². The van der Waals surface area contributed by atoms with Gasteiger partial charge < -0.3 is 19.6 Å². The number of amides is 1. The van der Waals surface area contributed by atoms with Crippen LogP contribution in [0.4, 0.5) is 24.8 Å². The summed E-state index contributed by atoms with van der Waals surface area (Å²) in [6.45, 7) is 1.36. The highest BCUT2D eigenvalue weighted by atomic mass is 32.2. The van der Waals surface area contributed by atoms with Gasteiger partial charge in [0.25, 0.3) is 5.95 Å². The molecule has 10 nitrogen and oxygen atoms in total. The van der Waals surface area contributed by atoms with Gasteiger partial charge in [-0.15, -0.1) is 0 Å². The zero-order valence-electron chi connectivity index (χ0n) is 17.0. The maximum Gasteiger partial charge on any atom is 0.471 e. The quantitative estimate of drug-likeness (QED) is 0.688. The average molecular weight is 474 g/mol. The van der Waals surface area contributed by atoms with Gasteiger partial charge in [0, 0.05) is 31.9 Å². The van der Waals surface area contributed by atoms with Gasteiger partial charge in [-0.3, -0.25) is 4.79 Å². The number of sulfone groups is 1. The number of aromatic nitrogens is 3. The summed E-state index contributed by atoms with van der Waals surface area (Å²) in [5.41, 5.74) is 0.546. The highest BCUT2D eigenvalue weighted by Crippen LogP contribution is 2.30. The van der Waals surface area contributed by atoms with E-state index in [-0.39, 0.29) is 22.9 Å². The molecule has 2 aromatic rings. The largest absolute Gasteiger partial charge is 0.471 e. The van der Waals surface area contributed by atoms with Gasteiger partial charge in [0.1, 0.15) is 6.04 Å². The molecule has 0 spiro atoms. The van der Waals surface area contributed by atoms with Gasteiger partial charge in [-0.1, -0.05) is 0 Å². The van der Waals surface area contributed by atoms with Gasteiger partial charge >= 0.3 is 12.1 Å². The number of halogens is 3. The molecule has 32 heavy (non-hydrogen) atoms. The first-order chi connectivity index (χ1) is 15.0. The van der Waals surface area contributed by atoms with Crippen LogP contribution in [0, 0.1) is 0 Å². The molecule has 4 rings (SSSR count). The van der Waals surface area contributed by atoms with Crippen LogP contribution in [-0.4, -0.2) is 72.3 Å². The molecule has 2 aliphatic rings. The molecule has 0 bridgehead atoms. The Kier molecular flexibility index (Phi) is 5.73. The first kappa shape index (κ1) is 22.3. The zero-order chi connectivity index (χ0) is 23.1.